The van der Waals surface area contributed by atoms with E-state index in [1.165, 1.54) is 17.3 Å². The highest BCUT2D eigenvalue weighted by Gasteiger charge is 2.48. The molecule has 2 saturated heterocycles. The predicted octanol–water partition coefficient (Wildman–Crippen LogP) is 2.41. The van der Waals surface area contributed by atoms with Crippen LogP contribution in [0.5, 0.6) is 5.75 Å². The largest absolute Gasteiger partial charge is 0.484 e. The van der Waals surface area contributed by atoms with E-state index in [9.17, 15) is 13.2 Å². The van der Waals surface area contributed by atoms with Gasteiger partial charge in [0.1, 0.15) is 5.75 Å². The molecule has 2 aromatic carbocycles. The summed E-state index contributed by atoms with van der Waals surface area (Å²) in [5.74, 6) is 0.498. The Balaban J connectivity index is 1.46. The van der Waals surface area contributed by atoms with Gasteiger partial charge in [-0.1, -0.05) is 60.3 Å². The van der Waals surface area contributed by atoms with Gasteiger partial charge in [-0.2, -0.15) is 4.99 Å². The first-order chi connectivity index (χ1) is 14.0. The average Bonchev–Trinajstić information content (AvgIpc) is 3.17. The zero-order valence-electron chi connectivity index (χ0n) is 15.8. The lowest BCUT2D eigenvalue weighted by Crippen LogP contribution is -2.39. The molecule has 29 heavy (non-hydrogen) atoms. The molecule has 0 N–H and O–H groups in total. The number of rotatable bonds is 6. The molecule has 2 atom stereocenters. The van der Waals surface area contributed by atoms with Crippen molar-refractivity contribution in [1.82, 2.24) is 4.90 Å². The predicted molar refractivity (Wildman–Crippen MR) is 115 cm³/mol. The zero-order valence-corrected chi connectivity index (χ0v) is 17.4. The van der Waals surface area contributed by atoms with E-state index in [1.807, 2.05) is 53.4 Å². The van der Waals surface area contributed by atoms with Gasteiger partial charge in [-0.15, -0.1) is 0 Å². The van der Waals surface area contributed by atoms with Crippen molar-refractivity contribution in [3.63, 3.8) is 0 Å². The molecule has 0 aliphatic carbocycles. The van der Waals surface area contributed by atoms with Crippen LogP contribution in [0.15, 0.2) is 65.7 Å². The maximum atomic E-state index is 12.4. The second-order valence-corrected chi connectivity index (χ2v) is 10.5. The van der Waals surface area contributed by atoms with Crippen molar-refractivity contribution in [3.05, 3.63) is 66.2 Å². The van der Waals surface area contributed by atoms with Crippen LogP contribution in [0.25, 0.3) is 0 Å². The molecule has 4 rings (SSSR count). The molecule has 152 valence electrons. The molecule has 6 nitrogen and oxygen atoms in total. The second-order valence-electron chi connectivity index (χ2n) is 7.12. The first-order valence-corrected chi connectivity index (χ1v) is 12.2. The summed E-state index contributed by atoms with van der Waals surface area (Å²) in [7, 11) is -3.05. The smallest absolute Gasteiger partial charge is 0.285 e. The second kappa shape index (κ2) is 8.59. The van der Waals surface area contributed by atoms with Crippen molar-refractivity contribution in [2.45, 2.75) is 17.7 Å². The van der Waals surface area contributed by atoms with E-state index >= 15 is 0 Å². The third-order valence-electron chi connectivity index (χ3n) is 4.98. The fourth-order valence-electron chi connectivity index (χ4n) is 3.59. The number of benzene rings is 2. The number of hydrogen-bond donors (Lipinski definition) is 0. The molecule has 1 amide bonds. The molecule has 0 aromatic heterocycles. The number of amidine groups is 1. The highest BCUT2D eigenvalue weighted by Crippen LogP contribution is 2.38. The number of carbonyl (C=O) groups excluding carboxylic acids is 1. The third kappa shape index (κ3) is 5.00. The lowest BCUT2D eigenvalue weighted by Gasteiger charge is -2.24. The molecule has 8 heteroatoms. The van der Waals surface area contributed by atoms with Crippen LogP contribution in [0.4, 0.5) is 0 Å². The Morgan fingerprint density at radius 1 is 1.07 bits per heavy atom. The molecule has 0 radical (unpaired) electrons. The summed E-state index contributed by atoms with van der Waals surface area (Å²) in [5, 5.41) is 0.532. The fourth-order valence-corrected chi connectivity index (χ4v) is 7.59. The average molecular weight is 431 g/mol. The number of amides is 1. The lowest BCUT2D eigenvalue weighted by atomic mass is 10.1. The molecule has 0 spiro atoms. The first-order valence-electron chi connectivity index (χ1n) is 9.47. The summed E-state index contributed by atoms with van der Waals surface area (Å²) in [6.45, 7) is 0.480. The van der Waals surface area contributed by atoms with Gasteiger partial charge < -0.3 is 9.64 Å². The standard InChI is InChI=1S/C21H22N2O4S2/c24-20(13-27-17-9-5-2-6-10-17)22-21-23(12-11-16-7-3-1-4-8-16)18-14-29(25,26)15-19(18)28-21/h1-10,18-19H,11-15H2/t18-,19+/m1/s1. The maximum absolute atomic E-state index is 12.4. The van der Waals surface area contributed by atoms with Crippen LogP contribution in [0.1, 0.15) is 5.56 Å². The summed E-state index contributed by atoms with van der Waals surface area (Å²) in [5.41, 5.74) is 1.17. The van der Waals surface area contributed by atoms with Crippen molar-refractivity contribution in [2.75, 3.05) is 24.7 Å². The molecule has 2 aliphatic heterocycles. The van der Waals surface area contributed by atoms with Crippen LogP contribution in [-0.4, -0.2) is 60.3 Å². The molecule has 0 saturated carbocycles. The molecule has 0 bridgehead atoms. The maximum Gasteiger partial charge on any atom is 0.285 e. The van der Waals surface area contributed by atoms with Gasteiger partial charge in [0, 0.05) is 11.8 Å². The highest BCUT2D eigenvalue weighted by molar-refractivity contribution is 8.15. The third-order valence-corrected chi connectivity index (χ3v) is 8.23. The van der Waals surface area contributed by atoms with Gasteiger partial charge in [0.15, 0.2) is 21.6 Å². The van der Waals surface area contributed by atoms with Crippen molar-refractivity contribution in [1.29, 1.82) is 0 Å². The SMILES string of the molecule is O=C(COc1ccccc1)N=C1S[C@H]2CS(=O)(=O)C[C@H]2N1CCc1ccccc1. The number of ether oxygens (including phenoxy) is 1. The van der Waals surface area contributed by atoms with Gasteiger partial charge in [-0.05, 0) is 24.1 Å². The van der Waals surface area contributed by atoms with Gasteiger partial charge in [0.2, 0.25) is 0 Å². The minimum absolute atomic E-state index is 0.0719. The number of fused-ring (bicyclic) bond motifs is 1. The van der Waals surface area contributed by atoms with E-state index in [0.717, 1.165) is 6.42 Å². The molecule has 2 aliphatic rings. The Bertz CT molecular complexity index is 994. The molecule has 2 aromatic rings. The number of nitrogens with zero attached hydrogens (tertiary/aromatic N) is 2. The minimum atomic E-state index is -3.05. The van der Waals surface area contributed by atoms with Gasteiger partial charge in [-0.3, -0.25) is 4.79 Å². The lowest BCUT2D eigenvalue weighted by molar-refractivity contribution is -0.119. The quantitative estimate of drug-likeness (QED) is 0.701. The van der Waals surface area contributed by atoms with Gasteiger partial charge in [0.05, 0.1) is 17.5 Å². The van der Waals surface area contributed by atoms with Crippen LogP contribution in [0, 0.1) is 0 Å². The number of aliphatic imine (C=N–C) groups is 1. The van der Waals surface area contributed by atoms with Crippen LogP contribution in [0.3, 0.4) is 0 Å². The number of sulfone groups is 1. The number of carbonyl (C=O) groups is 1. The van der Waals surface area contributed by atoms with E-state index in [1.54, 1.807) is 12.1 Å². The summed E-state index contributed by atoms with van der Waals surface area (Å²) < 4.78 is 29.7. The van der Waals surface area contributed by atoms with E-state index in [0.29, 0.717) is 17.5 Å². The summed E-state index contributed by atoms with van der Waals surface area (Å²) in [6.07, 6.45) is 0.762. The zero-order chi connectivity index (χ0) is 20.3. The Morgan fingerprint density at radius 3 is 2.48 bits per heavy atom. The molecule has 2 heterocycles. The summed E-state index contributed by atoms with van der Waals surface area (Å²) in [6, 6.07) is 19.0. The van der Waals surface area contributed by atoms with Crippen molar-refractivity contribution < 1.29 is 17.9 Å². The van der Waals surface area contributed by atoms with Crippen molar-refractivity contribution >= 4 is 32.7 Å². The van der Waals surface area contributed by atoms with Crippen LogP contribution < -0.4 is 4.74 Å². The van der Waals surface area contributed by atoms with Gasteiger partial charge in [-0.25, -0.2) is 8.42 Å². The fraction of sp³-hybridized carbons (Fsp3) is 0.333. The van der Waals surface area contributed by atoms with Crippen LogP contribution >= 0.6 is 11.8 Å². The van der Waals surface area contributed by atoms with E-state index < -0.39 is 9.84 Å². The monoisotopic (exact) mass is 430 g/mol. The molecular formula is C21H22N2O4S2. The Morgan fingerprint density at radius 2 is 1.76 bits per heavy atom. The highest BCUT2D eigenvalue weighted by atomic mass is 32.2. The molecular weight excluding hydrogens is 408 g/mol. The molecule has 0 unspecified atom stereocenters. The Kier molecular flexibility index (Phi) is 5.91. The Hall–Kier alpha value is -2.32. The molecule has 2 fully saturated rings. The Labute approximate surface area is 174 Å². The first kappa shape index (κ1) is 20.0. The number of para-hydroxylation sites is 1. The van der Waals surface area contributed by atoms with Crippen LogP contribution in [0.2, 0.25) is 0 Å². The van der Waals surface area contributed by atoms with Crippen molar-refractivity contribution in [2.24, 2.45) is 4.99 Å². The summed E-state index contributed by atoms with van der Waals surface area (Å²) in [4.78, 5) is 18.6. The van der Waals surface area contributed by atoms with Gasteiger partial charge in [0.25, 0.3) is 5.91 Å². The van der Waals surface area contributed by atoms with E-state index in [-0.39, 0.29) is 35.3 Å². The van der Waals surface area contributed by atoms with E-state index in [2.05, 4.69) is 4.99 Å². The topological polar surface area (TPSA) is 76.0 Å². The minimum Gasteiger partial charge on any atom is -0.484 e. The number of hydrogen-bond acceptors (Lipinski definition) is 5. The summed E-state index contributed by atoms with van der Waals surface area (Å²) >= 11 is 1.40. The van der Waals surface area contributed by atoms with Crippen LogP contribution in [-0.2, 0) is 21.1 Å². The van der Waals surface area contributed by atoms with Crippen molar-refractivity contribution in [3.8, 4) is 5.75 Å². The van der Waals surface area contributed by atoms with E-state index in [4.69, 9.17) is 4.74 Å². The van der Waals surface area contributed by atoms with Gasteiger partial charge >= 0.3 is 0 Å². The normalized spacial score (nSPS) is 23.9. The number of thioether (sulfide) groups is 1.